The van der Waals surface area contributed by atoms with Crippen LogP contribution in [0, 0.1) is 0 Å². The Kier molecular flexibility index (Phi) is 7.09. The number of nitrogens with zero attached hydrogens (tertiary/aromatic N) is 2. The molecule has 0 aromatic heterocycles. The summed E-state index contributed by atoms with van der Waals surface area (Å²) in [5, 5.41) is 8.33. The fourth-order valence-corrected chi connectivity index (χ4v) is 4.73. The van der Waals surface area contributed by atoms with E-state index < -0.39 is 11.2 Å². The van der Waals surface area contributed by atoms with Crippen molar-refractivity contribution in [3.05, 3.63) is 29.8 Å². The zero-order valence-electron chi connectivity index (χ0n) is 17.8. The average molecular weight is 458 g/mol. The van der Waals surface area contributed by atoms with Crippen molar-refractivity contribution in [3.8, 4) is 0 Å². The topological polar surface area (TPSA) is 120 Å². The van der Waals surface area contributed by atoms with E-state index in [0.29, 0.717) is 11.3 Å². The van der Waals surface area contributed by atoms with E-state index in [1.54, 1.807) is 24.3 Å². The minimum Gasteiger partial charge on any atom is -0.352 e. The number of likely N-dealkylation sites (tertiary alicyclic amines) is 1. The van der Waals surface area contributed by atoms with E-state index in [9.17, 15) is 19.2 Å². The first kappa shape index (κ1) is 22.3. The molecule has 2 fully saturated rings. The van der Waals surface area contributed by atoms with Crippen LogP contribution in [-0.2, 0) is 14.4 Å². The van der Waals surface area contributed by atoms with Gasteiger partial charge in [0.15, 0.2) is 5.17 Å². The fraction of sp³-hybridized carbons (Fsp3) is 0.500. The number of hydrogen-bond acceptors (Lipinski definition) is 6. The van der Waals surface area contributed by atoms with Gasteiger partial charge in [0.2, 0.25) is 11.8 Å². The molecule has 0 radical (unpaired) electrons. The van der Waals surface area contributed by atoms with Crippen LogP contribution in [0.5, 0.6) is 0 Å². The minimum absolute atomic E-state index is 0.0160. The van der Waals surface area contributed by atoms with Crippen LogP contribution < -0.4 is 16.0 Å². The first-order valence-electron chi connectivity index (χ1n) is 11.0. The summed E-state index contributed by atoms with van der Waals surface area (Å²) in [6, 6.07) is 6.73. The number of hydrogen-bond donors (Lipinski definition) is 3. The molecule has 0 bridgehead atoms. The summed E-state index contributed by atoms with van der Waals surface area (Å²) in [5.74, 6) is -1.20. The molecule has 2 heterocycles. The van der Waals surface area contributed by atoms with Crippen LogP contribution >= 0.6 is 11.8 Å². The molecule has 4 amide bonds. The summed E-state index contributed by atoms with van der Waals surface area (Å²) in [6.45, 7) is 1.70. The second kappa shape index (κ2) is 10.2. The van der Waals surface area contributed by atoms with Crippen LogP contribution in [0.3, 0.4) is 0 Å². The number of carbonyl (C=O) groups is 4. The molecule has 3 aliphatic rings. The van der Waals surface area contributed by atoms with Gasteiger partial charge in [-0.1, -0.05) is 17.8 Å². The Morgan fingerprint density at radius 2 is 1.88 bits per heavy atom. The third-order valence-corrected chi connectivity index (χ3v) is 6.70. The molecule has 3 N–H and O–H groups in total. The Bertz CT molecular complexity index is 940. The summed E-state index contributed by atoms with van der Waals surface area (Å²) in [5.41, 5.74) is 0.793. The lowest BCUT2D eigenvalue weighted by Crippen LogP contribution is -2.37. The van der Waals surface area contributed by atoms with E-state index in [1.165, 1.54) is 18.2 Å². The first-order chi connectivity index (χ1) is 15.5. The number of nitrogens with one attached hydrogen (secondary N) is 3. The molecule has 1 atom stereocenters. The quantitative estimate of drug-likeness (QED) is 0.571. The van der Waals surface area contributed by atoms with Crippen LogP contribution in [0.15, 0.2) is 29.3 Å². The molecule has 0 unspecified atom stereocenters. The van der Waals surface area contributed by atoms with E-state index in [2.05, 4.69) is 25.8 Å². The molecule has 1 saturated carbocycles. The number of anilines is 1. The molecule has 2 aliphatic heterocycles. The zero-order valence-corrected chi connectivity index (χ0v) is 18.6. The Hall–Kier alpha value is -2.88. The van der Waals surface area contributed by atoms with Crippen LogP contribution in [0.2, 0.25) is 0 Å². The van der Waals surface area contributed by atoms with Crippen LogP contribution in [0.25, 0.3) is 0 Å². The standard InChI is InChI=1S/C22H27N5O4S/c28-18(12-17-21(31)26-22(32-17)27-9-2-1-3-10-27)25-16-6-4-5-14(11-16)20(30)23-13-19(29)24-15-7-8-15/h4-6,11,15,17H,1-3,7-10,12-13H2,(H,23,30)(H,24,29)(H,25,28)/t17-/m0/s1. The number of piperidine rings is 1. The largest absolute Gasteiger partial charge is 0.352 e. The normalized spacial score (nSPS) is 20.5. The van der Waals surface area contributed by atoms with E-state index in [0.717, 1.165) is 43.9 Å². The van der Waals surface area contributed by atoms with Gasteiger partial charge in [-0.2, -0.15) is 4.99 Å². The van der Waals surface area contributed by atoms with Gasteiger partial charge in [-0.15, -0.1) is 0 Å². The lowest BCUT2D eigenvalue weighted by Gasteiger charge is -2.27. The Morgan fingerprint density at radius 3 is 2.62 bits per heavy atom. The predicted octanol–water partition coefficient (Wildman–Crippen LogP) is 1.51. The number of benzene rings is 1. The van der Waals surface area contributed by atoms with Crippen molar-refractivity contribution in [1.29, 1.82) is 0 Å². The maximum atomic E-state index is 12.5. The number of carbonyl (C=O) groups excluding carboxylic acids is 4. The van der Waals surface area contributed by atoms with Gasteiger partial charge in [-0.3, -0.25) is 19.2 Å². The van der Waals surface area contributed by atoms with E-state index in [1.807, 2.05) is 0 Å². The highest BCUT2D eigenvalue weighted by atomic mass is 32.2. The zero-order chi connectivity index (χ0) is 22.5. The number of amides is 4. The number of rotatable bonds is 7. The lowest BCUT2D eigenvalue weighted by molar-refractivity contribution is -0.121. The monoisotopic (exact) mass is 457 g/mol. The molecular formula is C22H27N5O4S. The molecule has 0 spiro atoms. The van der Waals surface area contributed by atoms with E-state index >= 15 is 0 Å². The van der Waals surface area contributed by atoms with Gasteiger partial charge in [-0.05, 0) is 50.3 Å². The SMILES string of the molecule is O=C(C[C@@H]1SC(N2CCCCC2)=NC1=O)Nc1cccc(C(=O)NCC(=O)NC2CC2)c1. The van der Waals surface area contributed by atoms with Crippen molar-refractivity contribution < 1.29 is 19.2 Å². The highest BCUT2D eigenvalue weighted by Gasteiger charge is 2.33. The molecule has 9 nitrogen and oxygen atoms in total. The van der Waals surface area contributed by atoms with Gasteiger partial charge in [0, 0.05) is 36.8 Å². The van der Waals surface area contributed by atoms with Crippen molar-refractivity contribution in [2.24, 2.45) is 4.99 Å². The Balaban J connectivity index is 1.25. The lowest BCUT2D eigenvalue weighted by atomic mass is 10.1. The highest BCUT2D eigenvalue weighted by Crippen LogP contribution is 2.29. The van der Waals surface area contributed by atoms with E-state index in [4.69, 9.17) is 0 Å². The van der Waals surface area contributed by atoms with Crippen LogP contribution in [0.4, 0.5) is 5.69 Å². The highest BCUT2D eigenvalue weighted by molar-refractivity contribution is 8.15. The van der Waals surface area contributed by atoms with Crippen molar-refractivity contribution >= 4 is 46.2 Å². The van der Waals surface area contributed by atoms with Crippen molar-refractivity contribution in [1.82, 2.24) is 15.5 Å². The predicted molar refractivity (Wildman–Crippen MR) is 122 cm³/mol. The van der Waals surface area contributed by atoms with Gasteiger partial charge in [0.1, 0.15) is 5.25 Å². The van der Waals surface area contributed by atoms with Crippen molar-refractivity contribution in [3.63, 3.8) is 0 Å². The van der Waals surface area contributed by atoms with Gasteiger partial charge in [0.25, 0.3) is 11.8 Å². The summed E-state index contributed by atoms with van der Waals surface area (Å²) >= 11 is 1.35. The van der Waals surface area contributed by atoms with Gasteiger partial charge in [0.05, 0.1) is 6.54 Å². The number of thioether (sulfide) groups is 1. The van der Waals surface area contributed by atoms with Crippen molar-refractivity contribution in [2.45, 2.75) is 49.8 Å². The maximum absolute atomic E-state index is 12.5. The molecule has 32 heavy (non-hydrogen) atoms. The molecule has 1 aromatic rings. The molecule has 1 aliphatic carbocycles. The third-order valence-electron chi connectivity index (χ3n) is 5.49. The molecule has 4 rings (SSSR count). The first-order valence-corrected chi connectivity index (χ1v) is 11.9. The summed E-state index contributed by atoms with van der Waals surface area (Å²) in [6.07, 6.45) is 5.36. The second-order valence-electron chi connectivity index (χ2n) is 8.24. The Labute approximate surface area is 190 Å². The van der Waals surface area contributed by atoms with Crippen LogP contribution in [0.1, 0.15) is 48.9 Å². The van der Waals surface area contributed by atoms with E-state index in [-0.39, 0.29) is 36.7 Å². The molecular weight excluding hydrogens is 430 g/mol. The maximum Gasteiger partial charge on any atom is 0.262 e. The molecule has 10 heteroatoms. The summed E-state index contributed by atoms with van der Waals surface area (Å²) in [7, 11) is 0. The summed E-state index contributed by atoms with van der Waals surface area (Å²) in [4.78, 5) is 55.1. The summed E-state index contributed by atoms with van der Waals surface area (Å²) < 4.78 is 0. The van der Waals surface area contributed by atoms with Gasteiger partial charge >= 0.3 is 0 Å². The van der Waals surface area contributed by atoms with Crippen molar-refractivity contribution in [2.75, 3.05) is 25.0 Å². The second-order valence-corrected chi connectivity index (χ2v) is 9.41. The molecule has 170 valence electrons. The van der Waals surface area contributed by atoms with Gasteiger partial charge in [-0.25, -0.2) is 0 Å². The molecule has 1 saturated heterocycles. The number of amidine groups is 1. The fourth-order valence-electron chi connectivity index (χ4n) is 3.62. The number of aliphatic imine (C=N–C) groups is 1. The average Bonchev–Trinajstić information content (AvgIpc) is 3.53. The Morgan fingerprint density at radius 1 is 1.09 bits per heavy atom. The third kappa shape index (κ3) is 6.09. The smallest absolute Gasteiger partial charge is 0.262 e. The van der Waals surface area contributed by atoms with Gasteiger partial charge < -0.3 is 20.9 Å². The minimum atomic E-state index is -0.525. The molecule has 1 aromatic carbocycles. The van der Waals surface area contributed by atoms with Crippen LogP contribution in [-0.4, -0.2) is 64.6 Å².